The number of hydrogen-bond acceptors (Lipinski definition) is 0. The third kappa shape index (κ3) is 2.44. The lowest BCUT2D eigenvalue weighted by Gasteiger charge is -2.38. The standard InChI is InChI=1S/C22H24Si/c1-23(2,3)22(20-14-12-16-8-4-6-10-18(16)20)21-15-13-17-9-5-7-11-19(17)21/h4-15,20-22H,1-3H3. The summed E-state index contributed by atoms with van der Waals surface area (Å²) in [6.07, 6.45) is 9.58. The first kappa shape index (κ1) is 14.7. The molecule has 116 valence electrons. The Kier molecular flexibility index (Phi) is 3.42. The Hall–Kier alpha value is -1.86. The van der Waals surface area contributed by atoms with Gasteiger partial charge in [-0.2, -0.15) is 0 Å². The summed E-state index contributed by atoms with van der Waals surface area (Å²) >= 11 is 0. The van der Waals surface area contributed by atoms with Crippen molar-refractivity contribution in [3.63, 3.8) is 0 Å². The van der Waals surface area contributed by atoms with Crippen LogP contribution < -0.4 is 0 Å². The second kappa shape index (κ2) is 5.35. The molecule has 2 unspecified atom stereocenters. The highest BCUT2D eigenvalue weighted by Crippen LogP contribution is 2.53. The van der Waals surface area contributed by atoms with Crippen molar-refractivity contribution in [3.8, 4) is 0 Å². The number of fused-ring (bicyclic) bond motifs is 2. The van der Waals surface area contributed by atoms with Gasteiger partial charge in [-0.05, 0) is 27.8 Å². The monoisotopic (exact) mass is 316 g/mol. The zero-order valence-corrected chi connectivity index (χ0v) is 15.2. The molecule has 2 aliphatic carbocycles. The van der Waals surface area contributed by atoms with Gasteiger partial charge in [0.2, 0.25) is 0 Å². The van der Waals surface area contributed by atoms with Crippen LogP contribution in [0.3, 0.4) is 0 Å². The number of allylic oxidation sites excluding steroid dienone is 2. The van der Waals surface area contributed by atoms with Gasteiger partial charge in [0.1, 0.15) is 0 Å². The highest BCUT2D eigenvalue weighted by atomic mass is 28.3. The topological polar surface area (TPSA) is 0 Å². The summed E-state index contributed by atoms with van der Waals surface area (Å²) in [4.78, 5) is 0. The van der Waals surface area contributed by atoms with E-state index in [4.69, 9.17) is 0 Å². The molecule has 23 heavy (non-hydrogen) atoms. The Morgan fingerprint density at radius 1 is 0.696 bits per heavy atom. The molecule has 4 rings (SSSR count). The first-order valence-electron chi connectivity index (χ1n) is 8.60. The molecule has 2 aromatic rings. The van der Waals surface area contributed by atoms with Crippen LogP contribution in [0.25, 0.3) is 12.2 Å². The minimum absolute atomic E-state index is 0.554. The summed E-state index contributed by atoms with van der Waals surface area (Å²) in [5.74, 6) is 1.11. The Bertz CT molecular complexity index is 730. The van der Waals surface area contributed by atoms with Crippen LogP contribution in [0.2, 0.25) is 25.2 Å². The van der Waals surface area contributed by atoms with Crippen molar-refractivity contribution in [2.75, 3.05) is 0 Å². The van der Waals surface area contributed by atoms with E-state index >= 15 is 0 Å². The highest BCUT2D eigenvalue weighted by Gasteiger charge is 2.41. The molecule has 0 saturated carbocycles. The van der Waals surface area contributed by atoms with Crippen molar-refractivity contribution in [2.45, 2.75) is 37.0 Å². The average molecular weight is 317 g/mol. The maximum Gasteiger partial charge on any atom is 0.0494 e. The van der Waals surface area contributed by atoms with E-state index in [0.717, 1.165) is 0 Å². The lowest BCUT2D eigenvalue weighted by molar-refractivity contribution is 0.659. The third-order valence-corrected chi connectivity index (χ3v) is 8.17. The van der Waals surface area contributed by atoms with Crippen LogP contribution in [0.4, 0.5) is 0 Å². The predicted octanol–water partition coefficient (Wildman–Crippen LogP) is 6.32. The van der Waals surface area contributed by atoms with Crippen molar-refractivity contribution in [1.82, 2.24) is 0 Å². The van der Waals surface area contributed by atoms with Crippen LogP contribution in [0.1, 0.15) is 34.1 Å². The predicted molar refractivity (Wildman–Crippen MR) is 104 cm³/mol. The van der Waals surface area contributed by atoms with Crippen LogP contribution in [0, 0.1) is 0 Å². The van der Waals surface area contributed by atoms with Crippen molar-refractivity contribution in [3.05, 3.63) is 82.9 Å². The van der Waals surface area contributed by atoms with Gasteiger partial charge < -0.3 is 0 Å². The molecule has 0 aliphatic heterocycles. The summed E-state index contributed by atoms with van der Waals surface area (Å²) in [7, 11) is -1.36. The first-order valence-corrected chi connectivity index (χ1v) is 12.2. The molecule has 0 bridgehead atoms. The van der Waals surface area contributed by atoms with Crippen LogP contribution in [-0.4, -0.2) is 8.07 Å². The van der Waals surface area contributed by atoms with E-state index in [0.29, 0.717) is 17.4 Å². The molecule has 1 heteroatoms. The van der Waals surface area contributed by atoms with Gasteiger partial charge in [0.05, 0.1) is 0 Å². The second-order valence-electron chi connectivity index (χ2n) is 7.92. The summed E-state index contributed by atoms with van der Waals surface area (Å²) in [6, 6.07) is 17.9. The minimum atomic E-state index is -1.36. The van der Waals surface area contributed by atoms with Crippen molar-refractivity contribution >= 4 is 20.2 Å². The van der Waals surface area contributed by atoms with Gasteiger partial charge in [-0.25, -0.2) is 0 Å². The molecular formula is C22H24Si. The number of benzene rings is 2. The van der Waals surface area contributed by atoms with Crippen LogP contribution in [0.5, 0.6) is 0 Å². The second-order valence-corrected chi connectivity index (χ2v) is 13.3. The first-order chi connectivity index (χ1) is 11.1. The summed E-state index contributed by atoms with van der Waals surface area (Å²) in [6.45, 7) is 7.59. The quantitative estimate of drug-likeness (QED) is 0.581. The van der Waals surface area contributed by atoms with Gasteiger partial charge >= 0.3 is 0 Å². The summed E-state index contributed by atoms with van der Waals surface area (Å²) in [5, 5.41) is 0. The fraction of sp³-hybridized carbons (Fsp3) is 0.273. The molecule has 0 heterocycles. The Morgan fingerprint density at radius 3 is 1.57 bits per heavy atom. The van der Waals surface area contributed by atoms with E-state index in [1.807, 2.05) is 0 Å². The molecule has 0 N–H and O–H groups in total. The van der Waals surface area contributed by atoms with Crippen molar-refractivity contribution in [2.24, 2.45) is 0 Å². The number of hydrogen-bond donors (Lipinski definition) is 0. The average Bonchev–Trinajstić information content (AvgIpc) is 3.12. The maximum absolute atomic E-state index is 2.53. The van der Waals surface area contributed by atoms with E-state index < -0.39 is 8.07 Å². The van der Waals surface area contributed by atoms with Gasteiger partial charge in [-0.3, -0.25) is 0 Å². The van der Waals surface area contributed by atoms with Gasteiger partial charge in [0.15, 0.2) is 0 Å². The van der Waals surface area contributed by atoms with Gasteiger partial charge in [-0.15, -0.1) is 0 Å². The normalized spacial score (nSPS) is 22.9. The Labute approximate surface area is 140 Å². The van der Waals surface area contributed by atoms with E-state index in [9.17, 15) is 0 Å². The molecule has 2 aliphatic rings. The molecule has 0 radical (unpaired) electrons. The van der Waals surface area contributed by atoms with Crippen LogP contribution in [-0.2, 0) is 0 Å². The molecule has 0 amide bonds. The lowest BCUT2D eigenvalue weighted by Crippen LogP contribution is -2.35. The summed E-state index contributed by atoms with van der Waals surface area (Å²) in [5.41, 5.74) is 6.57. The SMILES string of the molecule is C[Si](C)(C)C(C1C=Cc2ccccc21)C1C=Cc2ccccc21. The van der Waals surface area contributed by atoms with Crippen molar-refractivity contribution < 1.29 is 0 Å². The van der Waals surface area contributed by atoms with Gasteiger partial charge in [-0.1, -0.05) is 92.5 Å². The Morgan fingerprint density at radius 2 is 1.13 bits per heavy atom. The zero-order valence-electron chi connectivity index (χ0n) is 14.2. The van der Waals surface area contributed by atoms with Crippen LogP contribution in [0.15, 0.2) is 60.7 Å². The smallest absolute Gasteiger partial charge is 0.0494 e. The fourth-order valence-electron chi connectivity index (χ4n) is 4.48. The van der Waals surface area contributed by atoms with E-state index in [1.54, 1.807) is 0 Å². The zero-order chi connectivity index (χ0) is 16.0. The molecule has 0 saturated heterocycles. The molecule has 0 nitrogen and oxygen atoms in total. The highest BCUT2D eigenvalue weighted by molar-refractivity contribution is 6.78. The minimum Gasteiger partial charge on any atom is -0.0764 e. The van der Waals surface area contributed by atoms with Gasteiger partial charge in [0, 0.05) is 19.9 Å². The molecule has 2 atom stereocenters. The van der Waals surface area contributed by atoms with Crippen LogP contribution >= 0.6 is 0 Å². The van der Waals surface area contributed by atoms with E-state index in [2.05, 4.69) is 92.5 Å². The van der Waals surface area contributed by atoms with E-state index in [-0.39, 0.29) is 0 Å². The molecule has 0 aromatic heterocycles. The maximum atomic E-state index is 2.53. The number of rotatable bonds is 3. The molecular weight excluding hydrogens is 292 g/mol. The third-order valence-electron chi connectivity index (χ3n) is 5.45. The van der Waals surface area contributed by atoms with Crippen molar-refractivity contribution in [1.29, 1.82) is 0 Å². The fourth-order valence-corrected chi connectivity index (χ4v) is 7.22. The van der Waals surface area contributed by atoms with E-state index in [1.165, 1.54) is 22.3 Å². The lowest BCUT2D eigenvalue weighted by atomic mass is 9.86. The summed E-state index contributed by atoms with van der Waals surface area (Å²) < 4.78 is 0. The van der Waals surface area contributed by atoms with Gasteiger partial charge in [0.25, 0.3) is 0 Å². The Balaban J connectivity index is 1.80. The molecule has 0 spiro atoms. The molecule has 0 fully saturated rings. The molecule has 2 aromatic carbocycles. The largest absolute Gasteiger partial charge is 0.0764 e.